The number of benzene rings is 1. The zero-order chi connectivity index (χ0) is 20.6. The Kier molecular flexibility index (Phi) is 4.87. The second-order valence-electron chi connectivity index (χ2n) is 6.70. The third kappa shape index (κ3) is 3.40. The van der Waals surface area contributed by atoms with Crippen LogP contribution in [0.2, 0.25) is 0 Å². The van der Waals surface area contributed by atoms with Gasteiger partial charge in [0.15, 0.2) is 5.82 Å². The van der Waals surface area contributed by atoms with Crippen LogP contribution in [0.5, 0.6) is 0 Å². The Bertz CT molecular complexity index is 1170. The number of carbonyl (C=O) groups is 1. The molecule has 0 aliphatic carbocycles. The first-order valence-corrected chi connectivity index (χ1v) is 10.7. The molecule has 0 amide bonds. The molecule has 1 aliphatic heterocycles. The molecule has 8 heteroatoms. The van der Waals surface area contributed by atoms with Crippen LogP contribution in [-0.2, 0) is 21.2 Å². The van der Waals surface area contributed by atoms with Gasteiger partial charge < -0.3 is 9.15 Å². The normalized spacial score (nSPS) is 13.4. The van der Waals surface area contributed by atoms with Gasteiger partial charge in [0.1, 0.15) is 5.76 Å². The lowest BCUT2D eigenvalue weighted by molar-refractivity contribution is 0.0491. The minimum Gasteiger partial charge on any atom is -0.460 e. The highest BCUT2D eigenvalue weighted by atomic mass is 32.2. The third-order valence-electron chi connectivity index (χ3n) is 4.75. The zero-order valence-electron chi connectivity index (χ0n) is 16.1. The van der Waals surface area contributed by atoms with E-state index in [4.69, 9.17) is 9.15 Å². The number of nitrogens with zero attached hydrogens (tertiary/aromatic N) is 2. The first-order valence-electron chi connectivity index (χ1n) is 9.26. The number of esters is 1. The number of aryl methyl sites for hydroxylation is 1. The summed E-state index contributed by atoms with van der Waals surface area (Å²) in [4.78, 5) is 16.6. The van der Waals surface area contributed by atoms with Crippen LogP contribution < -0.4 is 4.31 Å². The van der Waals surface area contributed by atoms with Crippen LogP contribution in [-0.4, -0.2) is 32.5 Å². The molecule has 0 saturated heterocycles. The van der Waals surface area contributed by atoms with Crippen molar-refractivity contribution in [1.29, 1.82) is 0 Å². The van der Waals surface area contributed by atoms with Crippen molar-refractivity contribution in [2.24, 2.45) is 0 Å². The lowest BCUT2D eigenvalue weighted by Crippen LogP contribution is -2.33. The SMILES string of the molecule is CCOC(=O)c1cc2c(o1)-c1cccnc1N(S(=O)(=O)c1ccc(C)cc1)CC2. The van der Waals surface area contributed by atoms with Gasteiger partial charge in [-0.3, -0.25) is 0 Å². The molecular weight excluding hydrogens is 392 g/mol. The van der Waals surface area contributed by atoms with Crippen molar-refractivity contribution >= 4 is 21.8 Å². The molecule has 1 aliphatic rings. The average Bonchev–Trinajstić information content (AvgIpc) is 3.06. The highest BCUT2D eigenvalue weighted by molar-refractivity contribution is 7.92. The molecule has 0 bridgehead atoms. The van der Waals surface area contributed by atoms with Gasteiger partial charge in [-0.2, -0.15) is 0 Å². The third-order valence-corrected chi connectivity index (χ3v) is 6.55. The van der Waals surface area contributed by atoms with Gasteiger partial charge in [0.25, 0.3) is 10.0 Å². The van der Waals surface area contributed by atoms with Crippen molar-refractivity contribution in [3.8, 4) is 11.3 Å². The highest BCUT2D eigenvalue weighted by Gasteiger charge is 2.33. The minimum absolute atomic E-state index is 0.0986. The monoisotopic (exact) mass is 412 g/mol. The van der Waals surface area contributed by atoms with Crippen molar-refractivity contribution in [1.82, 2.24) is 4.98 Å². The fourth-order valence-corrected chi connectivity index (χ4v) is 4.76. The molecule has 0 radical (unpaired) electrons. The Labute approximate surface area is 169 Å². The number of sulfonamides is 1. The van der Waals surface area contributed by atoms with Crippen LogP contribution in [0.15, 0.2) is 58.0 Å². The van der Waals surface area contributed by atoms with Crippen molar-refractivity contribution in [3.63, 3.8) is 0 Å². The Morgan fingerprint density at radius 1 is 1.24 bits per heavy atom. The van der Waals surface area contributed by atoms with E-state index in [9.17, 15) is 13.2 Å². The number of aromatic nitrogens is 1. The molecule has 1 aromatic carbocycles. The van der Waals surface area contributed by atoms with Crippen molar-refractivity contribution in [3.05, 3.63) is 65.5 Å². The number of pyridine rings is 1. The second-order valence-corrected chi connectivity index (χ2v) is 8.56. The maximum absolute atomic E-state index is 13.3. The lowest BCUT2D eigenvalue weighted by atomic mass is 10.1. The average molecular weight is 412 g/mol. The molecule has 0 atom stereocenters. The van der Waals surface area contributed by atoms with Crippen molar-refractivity contribution < 1.29 is 22.4 Å². The number of anilines is 1. The lowest BCUT2D eigenvalue weighted by Gasteiger charge is -2.23. The van der Waals surface area contributed by atoms with E-state index < -0.39 is 16.0 Å². The van der Waals surface area contributed by atoms with E-state index >= 15 is 0 Å². The van der Waals surface area contributed by atoms with Gasteiger partial charge in [-0.1, -0.05) is 17.7 Å². The highest BCUT2D eigenvalue weighted by Crippen LogP contribution is 2.39. The predicted molar refractivity (Wildman–Crippen MR) is 107 cm³/mol. The molecule has 150 valence electrons. The fraction of sp³-hybridized carbons (Fsp3) is 0.238. The molecule has 0 unspecified atom stereocenters. The van der Waals surface area contributed by atoms with Crippen LogP contribution in [0, 0.1) is 6.92 Å². The van der Waals surface area contributed by atoms with E-state index in [1.807, 2.05) is 6.92 Å². The van der Waals surface area contributed by atoms with Gasteiger partial charge in [0, 0.05) is 18.3 Å². The first kappa shape index (κ1) is 19.2. The summed E-state index contributed by atoms with van der Waals surface area (Å²) in [6.45, 7) is 4.04. The summed E-state index contributed by atoms with van der Waals surface area (Å²) < 4.78 is 38.7. The Morgan fingerprint density at radius 3 is 2.72 bits per heavy atom. The summed E-state index contributed by atoms with van der Waals surface area (Å²) >= 11 is 0. The quantitative estimate of drug-likeness (QED) is 0.609. The molecule has 29 heavy (non-hydrogen) atoms. The number of ether oxygens (including phenoxy) is 1. The standard InChI is InChI=1S/C21H20N2O5S/c1-3-27-21(24)18-13-15-10-12-23(20-17(19(15)28-18)5-4-11-22-20)29(25,26)16-8-6-14(2)7-9-16/h4-9,11,13H,3,10,12H2,1-2H3. The fourth-order valence-electron chi connectivity index (χ4n) is 3.32. The molecule has 3 heterocycles. The van der Waals surface area contributed by atoms with Crippen molar-refractivity contribution in [2.45, 2.75) is 25.2 Å². The smallest absolute Gasteiger partial charge is 0.374 e. The molecule has 2 aromatic heterocycles. The largest absolute Gasteiger partial charge is 0.460 e. The molecule has 0 N–H and O–H groups in total. The maximum atomic E-state index is 13.3. The number of fused-ring (bicyclic) bond motifs is 3. The van der Waals surface area contributed by atoms with E-state index in [-0.39, 0.29) is 29.6 Å². The van der Waals surface area contributed by atoms with Crippen LogP contribution >= 0.6 is 0 Å². The van der Waals surface area contributed by atoms with Crippen molar-refractivity contribution in [2.75, 3.05) is 17.5 Å². The molecule has 4 rings (SSSR count). The van der Waals surface area contributed by atoms with Gasteiger partial charge in [-0.25, -0.2) is 22.5 Å². The predicted octanol–water partition coefficient (Wildman–Crippen LogP) is 3.58. The number of furan rings is 1. The summed E-state index contributed by atoms with van der Waals surface area (Å²) in [7, 11) is -3.81. The number of hydrogen-bond donors (Lipinski definition) is 0. The van der Waals surface area contributed by atoms with E-state index in [1.54, 1.807) is 49.4 Å². The molecule has 3 aromatic rings. The Morgan fingerprint density at radius 2 is 2.00 bits per heavy atom. The van der Waals surface area contributed by atoms with Crippen LogP contribution in [0.1, 0.15) is 28.6 Å². The Hall–Kier alpha value is -3.13. The minimum atomic E-state index is -3.81. The van der Waals surface area contributed by atoms with Gasteiger partial charge in [0.2, 0.25) is 5.76 Å². The van der Waals surface area contributed by atoms with E-state index in [0.717, 1.165) is 11.1 Å². The molecule has 0 saturated carbocycles. The van der Waals surface area contributed by atoms with Gasteiger partial charge in [-0.15, -0.1) is 0 Å². The molecular formula is C21H20N2O5S. The molecule has 7 nitrogen and oxygen atoms in total. The number of hydrogen-bond acceptors (Lipinski definition) is 6. The topological polar surface area (TPSA) is 89.7 Å². The Balaban J connectivity index is 1.81. The summed E-state index contributed by atoms with van der Waals surface area (Å²) in [5, 5.41) is 0. The van der Waals surface area contributed by atoms with Crippen LogP contribution in [0.25, 0.3) is 11.3 Å². The van der Waals surface area contributed by atoms with Crippen LogP contribution in [0.3, 0.4) is 0 Å². The summed E-state index contributed by atoms with van der Waals surface area (Å²) in [5.74, 6) is 0.269. The van der Waals surface area contributed by atoms with Crippen LogP contribution in [0.4, 0.5) is 5.82 Å². The second kappa shape index (κ2) is 7.36. The number of rotatable bonds is 4. The number of carbonyl (C=O) groups excluding carboxylic acids is 1. The summed E-state index contributed by atoms with van der Waals surface area (Å²) in [6.07, 6.45) is 1.91. The zero-order valence-corrected chi connectivity index (χ0v) is 16.9. The van der Waals surface area contributed by atoms with E-state index in [1.165, 1.54) is 10.5 Å². The molecule has 0 spiro atoms. The van der Waals surface area contributed by atoms with E-state index in [2.05, 4.69) is 4.98 Å². The maximum Gasteiger partial charge on any atom is 0.374 e. The first-order chi connectivity index (χ1) is 13.9. The van der Waals surface area contributed by atoms with Gasteiger partial charge >= 0.3 is 5.97 Å². The van der Waals surface area contributed by atoms with E-state index in [0.29, 0.717) is 17.7 Å². The molecule has 0 fully saturated rings. The summed E-state index contributed by atoms with van der Waals surface area (Å²) in [6, 6.07) is 11.8. The van der Waals surface area contributed by atoms with Gasteiger partial charge in [-0.05, 0) is 50.6 Å². The van der Waals surface area contributed by atoms with Gasteiger partial charge in [0.05, 0.1) is 17.1 Å². The summed E-state index contributed by atoms with van der Waals surface area (Å²) in [5.41, 5.74) is 2.24.